The molecule has 178 valence electrons. The monoisotopic (exact) mass is 467 g/mol. The lowest BCUT2D eigenvalue weighted by molar-refractivity contribution is 0.0624. The van der Waals surface area contributed by atoms with Crippen LogP contribution < -0.4 is 5.32 Å². The van der Waals surface area contributed by atoms with Crippen molar-refractivity contribution in [3.05, 3.63) is 95.3 Å². The van der Waals surface area contributed by atoms with Crippen LogP contribution in [0.4, 0.5) is 5.69 Å². The molecule has 0 aliphatic carbocycles. The molecule has 1 fully saturated rings. The van der Waals surface area contributed by atoms with Crippen molar-refractivity contribution < 1.29 is 9.59 Å². The molecule has 35 heavy (non-hydrogen) atoms. The molecule has 0 saturated carbocycles. The third kappa shape index (κ3) is 4.95. The zero-order valence-corrected chi connectivity index (χ0v) is 20.1. The molecule has 1 N–H and O–H groups in total. The summed E-state index contributed by atoms with van der Waals surface area (Å²) in [6.45, 7) is 5.70. The van der Waals surface area contributed by atoms with Gasteiger partial charge in [-0.15, -0.1) is 0 Å². The lowest BCUT2D eigenvalue weighted by atomic mass is 10.1. The van der Waals surface area contributed by atoms with Gasteiger partial charge in [0.05, 0.1) is 17.6 Å². The molecule has 0 unspecified atom stereocenters. The van der Waals surface area contributed by atoms with E-state index in [1.807, 2.05) is 91.7 Å². The topological polar surface area (TPSA) is 70.5 Å². The third-order valence-electron chi connectivity index (χ3n) is 6.56. The second-order valence-corrected chi connectivity index (χ2v) is 9.05. The quantitative estimate of drug-likeness (QED) is 0.480. The predicted molar refractivity (Wildman–Crippen MR) is 137 cm³/mol. The Bertz CT molecular complexity index is 1370. The molecule has 1 aromatic heterocycles. The summed E-state index contributed by atoms with van der Waals surface area (Å²) in [5.41, 5.74) is 5.02. The van der Waals surface area contributed by atoms with Gasteiger partial charge in [0.25, 0.3) is 11.8 Å². The third-order valence-corrected chi connectivity index (χ3v) is 6.56. The highest BCUT2D eigenvalue weighted by atomic mass is 16.2. The number of piperazine rings is 1. The molecule has 0 bridgehead atoms. The lowest BCUT2D eigenvalue weighted by Gasteiger charge is -2.34. The molecule has 2 amide bonds. The minimum atomic E-state index is -0.132. The van der Waals surface area contributed by atoms with Gasteiger partial charge in [-0.05, 0) is 49.4 Å². The number of hydrogen-bond acceptors (Lipinski definition) is 4. The Labute approximate surface area is 205 Å². The van der Waals surface area contributed by atoms with E-state index in [4.69, 9.17) is 4.98 Å². The fourth-order valence-corrected chi connectivity index (χ4v) is 4.53. The first-order valence-electron chi connectivity index (χ1n) is 11.9. The van der Waals surface area contributed by atoms with E-state index in [9.17, 15) is 9.59 Å². The van der Waals surface area contributed by atoms with Crippen LogP contribution in [0.3, 0.4) is 0 Å². The molecule has 2 heterocycles. The maximum absolute atomic E-state index is 12.7. The van der Waals surface area contributed by atoms with Crippen LogP contribution in [0.2, 0.25) is 0 Å². The number of rotatable bonds is 5. The van der Waals surface area contributed by atoms with Crippen molar-refractivity contribution in [2.24, 2.45) is 7.05 Å². The van der Waals surface area contributed by atoms with Gasteiger partial charge < -0.3 is 14.8 Å². The summed E-state index contributed by atoms with van der Waals surface area (Å²) in [6, 6.07) is 22.8. The number of benzene rings is 3. The van der Waals surface area contributed by atoms with Crippen molar-refractivity contribution in [2.75, 3.05) is 31.5 Å². The summed E-state index contributed by atoms with van der Waals surface area (Å²) in [5.74, 6) is 0.922. The molecule has 4 aromatic rings. The van der Waals surface area contributed by atoms with Gasteiger partial charge in [-0.3, -0.25) is 14.5 Å². The van der Waals surface area contributed by atoms with E-state index in [1.54, 1.807) is 0 Å². The van der Waals surface area contributed by atoms with Gasteiger partial charge in [0, 0.05) is 50.0 Å². The molecule has 3 aromatic carbocycles. The predicted octanol–water partition coefficient (Wildman–Crippen LogP) is 4.09. The van der Waals surface area contributed by atoms with Crippen LogP contribution in [0.15, 0.2) is 72.8 Å². The van der Waals surface area contributed by atoms with Crippen molar-refractivity contribution in [1.29, 1.82) is 0 Å². The molecule has 7 nitrogen and oxygen atoms in total. The van der Waals surface area contributed by atoms with Gasteiger partial charge in [0.15, 0.2) is 0 Å². The normalized spacial score (nSPS) is 14.3. The number of aromatic nitrogens is 2. The first kappa shape index (κ1) is 22.8. The van der Waals surface area contributed by atoms with Gasteiger partial charge in [-0.1, -0.05) is 35.9 Å². The van der Waals surface area contributed by atoms with E-state index >= 15 is 0 Å². The SMILES string of the molecule is Cc1cccc(C(=O)Nc2ccc3c(c2)nc(CN2CCN(C(=O)c4ccccc4)CC2)n3C)c1. The van der Waals surface area contributed by atoms with Crippen molar-refractivity contribution in [3.63, 3.8) is 0 Å². The van der Waals surface area contributed by atoms with Gasteiger partial charge in [-0.2, -0.15) is 0 Å². The number of nitrogens with one attached hydrogen (secondary N) is 1. The zero-order valence-electron chi connectivity index (χ0n) is 20.1. The van der Waals surface area contributed by atoms with E-state index in [0.717, 1.165) is 46.8 Å². The Morgan fingerprint density at radius 3 is 2.37 bits per heavy atom. The van der Waals surface area contributed by atoms with Crippen molar-refractivity contribution >= 4 is 28.5 Å². The van der Waals surface area contributed by atoms with E-state index in [2.05, 4.69) is 14.8 Å². The number of aryl methyl sites for hydroxylation is 2. The van der Waals surface area contributed by atoms with Crippen LogP contribution >= 0.6 is 0 Å². The number of carbonyl (C=O) groups is 2. The van der Waals surface area contributed by atoms with Gasteiger partial charge >= 0.3 is 0 Å². The molecule has 0 spiro atoms. The van der Waals surface area contributed by atoms with E-state index in [0.29, 0.717) is 25.2 Å². The molecule has 1 aliphatic rings. The van der Waals surface area contributed by atoms with Crippen LogP contribution in [-0.4, -0.2) is 57.3 Å². The van der Waals surface area contributed by atoms with Crippen LogP contribution in [0, 0.1) is 6.92 Å². The largest absolute Gasteiger partial charge is 0.336 e. The minimum Gasteiger partial charge on any atom is -0.336 e. The number of fused-ring (bicyclic) bond motifs is 1. The maximum atomic E-state index is 12.7. The molecule has 5 rings (SSSR count). The summed E-state index contributed by atoms with van der Waals surface area (Å²) in [6.07, 6.45) is 0. The number of amides is 2. The number of anilines is 1. The highest BCUT2D eigenvalue weighted by molar-refractivity contribution is 6.05. The summed E-state index contributed by atoms with van der Waals surface area (Å²) < 4.78 is 2.10. The van der Waals surface area contributed by atoms with E-state index < -0.39 is 0 Å². The van der Waals surface area contributed by atoms with Gasteiger partial charge in [-0.25, -0.2) is 4.98 Å². The molecule has 7 heteroatoms. The van der Waals surface area contributed by atoms with Gasteiger partial charge in [0.1, 0.15) is 5.82 Å². The summed E-state index contributed by atoms with van der Waals surface area (Å²) in [7, 11) is 2.02. The Hall–Kier alpha value is -3.97. The first-order valence-corrected chi connectivity index (χ1v) is 11.9. The number of hydrogen-bond donors (Lipinski definition) is 1. The van der Waals surface area contributed by atoms with Crippen LogP contribution in [0.25, 0.3) is 11.0 Å². The summed E-state index contributed by atoms with van der Waals surface area (Å²) >= 11 is 0. The second-order valence-electron chi connectivity index (χ2n) is 9.05. The number of nitrogens with zero attached hydrogens (tertiary/aromatic N) is 4. The molecule has 0 radical (unpaired) electrons. The first-order chi connectivity index (χ1) is 17.0. The molecular formula is C28H29N5O2. The van der Waals surface area contributed by atoms with Crippen LogP contribution in [-0.2, 0) is 13.6 Å². The average molecular weight is 468 g/mol. The Balaban J connectivity index is 1.24. The lowest BCUT2D eigenvalue weighted by Crippen LogP contribution is -2.48. The Kier molecular flexibility index (Phi) is 6.33. The Morgan fingerprint density at radius 1 is 0.886 bits per heavy atom. The minimum absolute atomic E-state index is 0.0909. The Morgan fingerprint density at radius 2 is 1.63 bits per heavy atom. The fourth-order valence-electron chi connectivity index (χ4n) is 4.53. The highest BCUT2D eigenvalue weighted by Crippen LogP contribution is 2.22. The average Bonchev–Trinajstić information content (AvgIpc) is 3.18. The maximum Gasteiger partial charge on any atom is 0.255 e. The van der Waals surface area contributed by atoms with Crippen molar-refractivity contribution in [2.45, 2.75) is 13.5 Å². The van der Waals surface area contributed by atoms with Crippen molar-refractivity contribution in [1.82, 2.24) is 19.4 Å². The van der Waals surface area contributed by atoms with Crippen molar-refractivity contribution in [3.8, 4) is 0 Å². The van der Waals surface area contributed by atoms with Gasteiger partial charge in [0.2, 0.25) is 0 Å². The standard InChI is InChI=1S/C28H29N5O2/c1-20-7-6-10-22(17-20)27(34)29-23-11-12-25-24(18-23)30-26(31(25)2)19-32-13-15-33(16-14-32)28(35)21-8-4-3-5-9-21/h3-12,17-18H,13-16,19H2,1-2H3,(H,29,34). The van der Waals surface area contributed by atoms with Crippen LogP contribution in [0.1, 0.15) is 32.1 Å². The molecule has 1 saturated heterocycles. The second kappa shape index (κ2) is 9.72. The number of imidazole rings is 1. The van der Waals surface area contributed by atoms with E-state index in [1.165, 1.54) is 0 Å². The summed E-state index contributed by atoms with van der Waals surface area (Å²) in [4.78, 5) is 34.4. The molecule has 1 aliphatic heterocycles. The fraction of sp³-hybridized carbons (Fsp3) is 0.250. The van der Waals surface area contributed by atoms with E-state index in [-0.39, 0.29) is 11.8 Å². The number of carbonyl (C=O) groups excluding carboxylic acids is 2. The smallest absolute Gasteiger partial charge is 0.255 e. The zero-order chi connectivity index (χ0) is 24.4. The van der Waals surface area contributed by atoms with Crippen LogP contribution in [0.5, 0.6) is 0 Å². The highest BCUT2D eigenvalue weighted by Gasteiger charge is 2.23. The molecule has 0 atom stereocenters. The molecular weight excluding hydrogens is 438 g/mol. The summed E-state index contributed by atoms with van der Waals surface area (Å²) in [5, 5.41) is 2.98.